The number of phenols is 1. The first-order valence-corrected chi connectivity index (χ1v) is 7.67. The third-order valence-electron chi connectivity index (χ3n) is 3.30. The summed E-state index contributed by atoms with van der Waals surface area (Å²) in [5.41, 5.74) is 1.95. The summed E-state index contributed by atoms with van der Waals surface area (Å²) in [7, 11) is 0. The van der Waals surface area contributed by atoms with Crippen molar-refractivity contribution in [1.82, 2.24) is 15.0 Å². The zero-order valence-electron chi connectivity index (χ0n) is 13.2. The molecule has 6 nitrogen and oxygen atoms in total. The predicted molar refractivity (Wildman–Crippen MR) is 87.5 cm³/mol. The van der Waals surface area contributed by atoms with E-state index < -0.39 is 0 Å². The van der Waals surface area contributed by atoms with Crippen LogP contribution >= 0.6 is 0 Å². The number of nitrogens with zero attached hydrogens (tertiary/aromatic N) is 3. The normalized spacial score (nSPS) is 10.9. The molecule has 0 aliphatic heterocycles. The summed E-state index contributed by atoms with van der Waals surface area (Å²) in [5, 5.41) is 19.0. The Morgan fingerprint density at radius 1 is 0.957 bits per heavy atom. The molecule has 0 amide bonds. The molecular formula is C17H19N3O3. The van der Waals surface area contributed by atoms with Gasteiger partial charge in [-0.2, -0.15) is 0 Å². The summed E-state index contributed by atoms with van der Waals surface area (Å²) in [6, 6.07) is 10.6. The SMILES string of the molecule is CCCOc1ccc2nn(-c3ccc(OCC)cc3O)nc2c1. The molecule has 0 aliphatic carbocycles. The standard InChI is InChI=1S/C17H19N3O3/c1-3-9-23-12-5-7-14-15(10-12)19-20(18-14)16-8-6-13(22-4-2)11-17(16)21/h5-8,10-11,21H,3-4,9H2,1-2H3. The number of hydrogen-bond donors (Lipinski definition) is 1. The van der Waals surface area contributed by atoms with E-state index in [0.29, 0.717) is 30.2 Å². The second kappa shape index (κ2) is 6.56. The lowest BCUT2D eigenvalue weighted by atomic mass is 10.3. The molecule has 1 aromatic heterocycles. The Morgan fingerprint density at radius 2 is 1.70 bits per heavy atom. The van der Waals surface area contributed by atoms with Crippen LogP contribution in [0.25, 0.3) is 16.7 Å². The largest absolute Gasteiger partial charge is 0.505 e. The fourth-order valence-corrected chi connectivity index (χ4v) is 2.24. The number of benzene rings is 2. The van der Waals surface area contributed by atoms with Crippen molar-refractivity contribution in [2.24, 2.45) is 0 Å². The molecule has 0 saturated carbocycles. The van der Waals surface area contributed by atoms with Gasteiger partial charge < -0.3 is 14.6 Å². The minimum atomic E-state index is 0.0683. The third-order valence-corrected chi connectivity index (χ3v) is 3.30. The second-order valence-corrected chi connectivity index (χ2v) is 5.07. The highest BCUT2D eigenvalue weighted by Crippen LogP contribution is 2.27. The van der Waals surface area contributed by atoms with Crippen LogP contribution in [0.5, 0.6) is 17.2 Å². The molecular weight excluding hydrogens is 294 g/mol. The average Bonchev–Trinajstić information content (AvgIpc) is 2.96. The lowest BCUT2D eigenvalue weighted by molar-refractivity contribution is 0.318. The molecule has 0 radical (unpaired) electrons. The van der Waals surface area contributed by atoms with Gasteiger partial charge in [-0.3, -0.25) is 0 Å². The highest BCUT2D eigenvalue weighted by molar-refractivity contribution is 5.75. The molecule has 23 heavy (non-hydrogen) atoms. The van der Waals surface area contributed by atoms with Crippen LogP contribution < -0.4 is 9.47 Å². The summed E-state index contributed by atoms with van der Waals surface area (Å²) < 4.78 is 11.0. The van der Waals surface area contributed by atoms with Crippen LogP contribution in [0, 0.1) is 0 Å². The van der Waals surface area contributed by atoms with Gasteiger partial charge in [0.2, 0.25) is 0 Å². The lowest BCUT2D eigenvalue weighted by Crippen LogP contribution is -1.99. The van der Waals surface area contributed by atoms with Crippen LogP contribution in [0.15, 0.2) is 36.4 Å². The molecule has 0 fully saturated rings. The molecule has 0 saturated heterocycles. The van der Waals surface area contributed by atoms with E-state index in [-0.39, 0.29) is 5.75 Å². The van der Waals surface area contributed by atoms with Gasteiger partial charge in [-0.1, -0.05) is 6.92 Å². The summed E-state index contributed by atoms with van der Waals surface area (Å²) in [6.07, 6.45) is 0.949. The van der Waals surface area contributed by atoms with Gasteiger partial charge in [0.25, 0.3) is 0 Å². The van der Waals surface area contributed by atoms with E-state index >= 15 is 0 Å². The Bertz CT molecular complexity index is 814. The fourth-order valence-electron chi connectivity index (χ4n) is 2.24. The maximum Gasteiger partial charge on any atom is 0.146 e. The Morgan fingerprint density at radius 3 is 2.43 bits per heavy atom. The first-order valence-electron chi connectivity index (χ1n) is 7.67. The minimum absolute atomic E-state index is 0.0683. The van der Waals surface area contributed by atoms with Crippen LogP contribution in [-0.2, 0) is 0 Å². The van der Waals surface area contributed by atoms with Gasteiger partial charge in [0.1, 0.15) is 34.0 Å². The summed E-state index contributed by atoms with van der Waals surface area (Å²) in [6.45, 7) is 5.16. The Balaban J connectivity index is 1.93. The topological polar surface area (TPSA) is 69.4 Å². The molecule has 0 bridgehead atoms. The van der Waals surface area contributed by atoms with Gasteiger partial charge in [0.05, 0.1) is 13.2 Å². The Kier molecular flexibility index (Phi) is 4.32. The number of aromatic hydroxyl groups is 1. The van der Waals surface area contributed by atoms with E-state index in [0.717, 1.165) is 17.7 Å². The lowest BCUT2D eigenvalue weighted by Gasteiger charge is -2.06. The van der Waals surface area contributed by atoms with Crippen molar-refractivity contribution in [3.05, 3.63) is 36.4 Å². The quantitative estimate of drug-likeness (QED) is 0.756. The van der Waals surface area contributed by atoms with Crippen molar-refractivity contribution < 1.29 is 14.6 Å². The molecule has 2 aromatic carbocycles. The summed E-state index contributed by atoms with van der Waals surface area (Å²) in [4.78, 5) is 1.42. The van der Waals surface area contributed by atoms with Crippen LogP contribution in [0.1, 0.15) is 20.3 Å². The number of aromatic nitrogens is 3. The smallest absolute Gasteiger partial charge is 0.146 e. The van der Waals surface area contributed by atoms with E-state index in [9.17, 15) is 5.11 Å². The van der Waals surface area contributed by atoms with Crippen molar-refractivity contribution in [3.8, 4) is 22.9 Å². The van der Waals surface area contributed by atoms with Crippen LogP contribution in [0.2, 0.25) is 0 Å². The molecule has 120 valence electrons. The molecule has 1 N–H and O–H groups in total. The van der Waals surface area contributed by atoms with Crippen LogP contribution in [0.3, 0.4) is 0 Å². The van der Waals surface area contributed by atoms with Crippen molar-refractivity contribution in [2.45, 2.75) is 20.3 Å². The molecule has 1 heterocycles. The molecule has 3 aromatic rings. The Hall–Kier alpha value is -2.76. The summed E-state index contributed by atoms with van der Waals surface area (Å²) >= 11 is 0. The molecule has 6 heteroatoms. The maximum absolute atomic E-state index is 10.2. The van der Waals surface area contributed by atoms with Crippen molar-refractivity contribution >= 4 is 11.0 Å². The fraction of sp³-hybridized carbons (Fsp3) is 0.294. The van der Waals surface area contributed by atoms with Crippen LogP contribution in [-0.4, -0.2) is 33.3 Å². The molecule has 0 spiro atoms. The molecule has 0 atom stereocenters. The highest BCUT2D eigenvalue weighted by Gasteiger charge is 2.10. The van der Waals surface area contributed by atoms with E-state index in [1.807, 2.05) is 25.1 Å². The zero-order chi connectivity index (χ0) is 16.2. The zero-order valence-corrected chi connectivity index (χ0v) is 13.2. The maximum atomic E-state index is 10.2. The number of phenolic OH excluding ortho intramolecular Hbond substituents is 1. The number of ether oxygens (including phenoxy) is 2. The van der Waals surface area contributed by atoms with Crippen molar-refractivity contribution in [3.63, 3.8) is 0 Å². The van der Waals surface area contributed by atoms with E-state index in [2.05, 4.69) is 17.1 Å². The van der Waals surface area contributed by atoms with Crippen LogP contribution in [0.4, 0.5) is 0 Å². The van der Waals surface area contributed by atoms with Gasteiger partial charge in [0, 0.05) is 12.1 Å². The van der Waals surface area contributed by atoms with Crippen molar-refractivity contribution in [2.75, 3.05) is 13.2 Å². The highest BCUT2D eigenvalue weighted by atomic mass is 16.5. The molecule has 3 rings (SSSR count). The first-order chi connectivity index (χ1) is 11.2. The van der Waals surface area contributed by atoms with E-state index in [4.69, 9.17) is 9.47 Å². The number of fused-ring (bicyclic) bond motifs is 1. The molecule has 0 aliphatic rings. The van der Waals surface area contributed by atoms with Gasteiger partial charge >= 0.3 is 0 Å². The molecule has 0 unspecified atom stereocenters. The monoisotopic (exact) mass is 313 g/mol. The first kappa shape index (κ1) is 15.1. The number of rotatable bonds is 6. The van der Waals surface area contributed by atoms with E-state index in [1.165, 1.54) is 4.80 Å². The van der Waals surface area contributed by atoms with Gasteiger partial charge in [-0.05, 0) is 37.6 Å². The second-order valence-electron chi connectivity index (χ2n) is 5.07. The minimum Gasteiger partial charge on any atom is -0.505 e. The summed E-state index contributed by atoms with van der Waals surface area (Å²) in [5.74, 6) is 1.45. The predicted octanol–water partition coefficient (Wildman–Crippen LogP) is 3.31. The van der Waals surface area contributed by atoms with Gasteiger partial charge in [-0.15, -0.1) is 15.0 Å². The van der Waals surface area contributed by atoms with Gasteiger partial charge in [0.15, 0.2) is 0 Å². The Labute approximate surface area is 134 Å². The average molecular weight is 313 g/mol. The van der Waals surface area contributed by atoms with E-state index in [1.54, 1.807) is 18.2 Å². The van der Waals surface area contributed by atoms with Crippen molar-refractivity contribution in [1.29, 1.82) is 0 Å². The third kappa shape index (κ3) is 3.21. The van der Waals surface area contributed by atoms with Gasteiger partial charge in [-0.25, -0.2) is 0 Å². The number of hydrogen-bond acceptors (Lipinski definition) is 5.